The van der Waals surface area contributed by atoms with E-state index in [1.165, 1.54) is 0 Å². The summed E-state index contributed by atoms with van der Waals surface area (Å²) >= 11 is 0. The van der Waals surface area contributed by atoms with Gasteiger partial charge in [-0.1, -0.05) is 18.2 Å². The lowest BCUT2D eigenvalue weighted by molar-refractivity contribution is 0.301. The van der Waals surface area contributed by atoms with Crippen LogP contribution in [0.1, 0.15) is 12.2 Å². The summed E-state index contributed by atoms with van der Waals surface area (Å²) < 4.78 is 7.79. The summed E-state index contributed by atoms with van der Waals surface area (Å²) in [4.78, 5) is 4.28. The number of nitrogens with two attached hydrogens (primary N) is 1. The maximum Gasteiger partial charge on any atom is 0.119 e. The van der Waals surface area contributed by atoms with E-state index in [1.807, 2.05) is 42.7 Å². The molecule has 96 valence electrons. The summed E-state index contributed by atoms with van der Waals surface area (Å²) in [7, 11) is 0. The molecule has 2 aromatic rings. The molecule has 4 nitrogen and oxygen atoms in total. The molecule has 0 aliphatic rings. The molecule has 0 unspecified atom stereocenters. The minimum Gasteiger partial charge on any atom is -0.494 e. The van der Waals surface area contributed by atoms with Gasteiger partial charge < -0.3 is 15.0 Å². The van der Waals surface area contributed by atoms with Gasteiger partial charge in [0.05, 0.1) is 6.61 Å². The molecular formula is C14H19N3O. The van der Waals surface area contributed by atoms with Gasteiger partial charge in [0, 0.05) is 25.4 Å². The number of imidazole rings is 1. The van der Waals surface area contributed by atoms with E-state index >= 15 is 0 Å². The molecule has 0 aliphatic heterocycles. The largest absolute Gasteiger partial charge is 0.494 e. The van der Waals surface area contributed by atoms with Crippen LogP contribution in [0.5, 0.6) is 5.75 Å². The Kier molecular flexibility index (Phi) is 4.78. The fourth-order valence-corrected chi connectivity index (χ4v) is 1.84. The lowest BCUT2D eigenvalue weighted by atomic mass is 10.3. The molecule has 4 heteroatoms. The Morgan fingerprint density at radius 2 is 2.06 bits per heavy atom. The first-order valence-electron chi connectivity index (χ1n) is 6.28. The van der Waals surface area contributed by atoms with Crippen LogP contribution in [-0.2, 0) is 13.0 Å². The predicted molar refractivity (Wildman–Crippen MR) is 71.5 cm³/mol. The van der Waals surface area contributed by atoms with E-state index < -0.39 is 0 Å². The number of aromatic nitrogens is 2. The van der Waals surface area contributed by atoms with E-state index in [2.05, 4.69) is 9.55 Å². The van der Waals surface area contributed by atoms with E-state index in [-0.39, 0.29) is 0 Å². The molecule has 0 saturated heterocycles. The van der Waals surface area contributed by atoms with E-state index in [4.69, 9.17) is 10.5 Å². The highest BCUT2D eigenvalue weighted by atomic mass is 16.5. The van der Waals surface area contributed by atoms with Gasteiger partial charge in [0.25, 0.3) is 0 Å². The molecule has 18 heavy (non-hydrogen) atoms. The van der Waals surface area contributed by atoms with Crippen LogP contribution in [0.15, 0.2) is 42.7 Å². The minimum absolute atomic E-state index is 0.636. The van der Waals surface area contributed by atoms with Crippen molar-refractivity contribution in [2.75, 3.05) is 13.2 Å². The molecule has 1 aromatic carbocycles. The van der Waals surface area contributed by atoms with Gasteiger partial charge in [-0.3, -0.25) is 0 Å². The van der Waals surface area contributed by atoms with Crippen LogP contribution >= 0.6 is 0 Å². The quantitative estimate of drug-likeness (QED) is 0.757. The van der Waals surface area contributed by atoms with Gasteiger partial charge >= 0.3 is 0 Å². The summed E-state index contributed by atoms with van der Waals surface area (Å²) in [6.45, 7) is 2.27. The van der Waals surface area contributed by atoms with Gasteiger partial charge in [0.1, 0.15) is 11.6 Å². The van der Waals surface area contributed by atoms with Gasteiger partial charge in [0.15, 0.2) is 0 Å². The van der Waals surface area contributed by atoms with E-state index in [0.29, 0.717) is 13.2 Å². The first kappa shape index (κ1) is 12.6. The molecule has 0 saturated carbocycles. The van der Waals surface area contributed by atoms with Crippen molar-refractivity contribution in [3.63, 3.8) is 0 Å². The summed E-state index contributed by atoms with van der Waals surface area (Å²) in [6, 6.07) is 9.88. The Hall–Kier alpha value is -1.81. The van der Waals surface area contributed by atoms with E-state index in [0.717, 1.165) is 31.0 Å². The third kappa shape index (κ3) is 3.60. The highest BCUT2D eigenvalue weighted by Gasteiger charge is 2.01. The molecule has 1 heterocycles. The van der Waals surface area contributed by atoms with Crippen LogP contribution in [0, 0.1) is 0 Å². The number of hydrogen-bond donors (Lipinski definition) is 1. The second-order valence-corrected chi connectivity index (χ2v) is 4.09. The maximum absolute atomic E-state index is 5.65. The topological polar surface area (TPSA) is 53.1 Å². The zero-order valence-electron chi connectivity index (χ0n) is 10.5. The maximum atomic E-state index is 5.65. The van der Waals surface area contributed by atoms with Crippen molar-refractivity contribution in [1.82, 2.24) is 9.55 Å². The molecule has 1 aromatic heterocycles. The van der Waals surface area contributed by atoms with Gasteiger partial charge in [-0.25, -0.2) is 4.98 Å². The molecule has 0 fully saturated rings. The summed E-state index contributed by atoms with van der Waals surface area (Å²) in [5.74, 6) is 1.97. The number of hydrogen-bond acceptors (Lipinski definition) is 3. The third-order valence-corrected chi connectivity index (χ3v) is 2.72. The standard InChI is InChI=1S/C14H19N3O/c15-8-7-14-16-9-11-17(14)10-4-12-18-13-5-2-1-3-6-13/h1-3,5-6,9,11H,4,7-8,10,12,15H2. The molecule has 0 radical (unpaired) electrons. The molecule has 0 amide bonds. The number of ether oxygens (including phenoxy) is 1. The van der Waals surface area contributed by atoms with E-state index in [9.17, 15) is 0 Å². The normalized spacial score (nSPS) is 10.5. The molecule has 0 bridgehead atoms. The Balaban J connectivity index is 1.73. The number of para-hydroxylation sites is 1. The fraction of sp³-hybridized carbons (Fsp3) is 0.357. The van der Waals surface area contributed by atoms with Crippen molar-refractivity contribution in [1.29, 1.82) is 0 Å². The lowest BCUT2D eigenvalue weighted by Crippen LogP contribution is -2.11. The monoisotopic (exact) mass is 245 g/mol. The van der Waals surface area contributed by atoms with Crippen molar-refractivity contribution in [2.45, 2.75) is 19.4 Å². The number of nitrogens with zero attached hydrogens (tertiary/aromatic N) is 2. The Morgan fingerprint density at radius 1 is 1.22 bits per heavy atom. The van der Waals surface area contributed by atoms with Crippen LogP contribution in [-0.4, -0.2) is 22.7 Å². The summed E-state index contributed by atoms with van der Waals surface area (Å²) in [5.41, 5.74) is 5.54. The Labute approximate surface area is 107 Å². The number of aryl methyl sites for hydroxylation is 1. The van der Waals surface area contributed by atoms with Crippen LogP contribution in [0.2, 0.25) is 0 Å². The molecule has 0 spiro atoms. The van der Waals surface area contributed by atoms with Gasteiger partial charge in [0.2, 0.25) is 0 Å². The number of rotatable bonds is 7. The van der Waals surface area contributed by atoms with Gasteiger partial charge in [-0.2, -0.15) is 0 Å². The molecule has 0 aliphatic carbocycles. The van der Waals surface area contributed by atoms with Gasteiger partial charge in [-0.15, -0.1) is 0 Å². The van der Waals surface area contributed by atoms with Crippen LogP contribution < -0.4 is 10.5 Å². The summed E-state index contributed by atoms with van der Waals surface area (Å²) in [6.07, 6.45) is 5.60. The lowest BCUT2D eigenvalue weighted by Gasteiger charge is -2.08. The summed E-state index contributed by atoms with van der Waals surface area (Å²) in [5, 5.41) is 0. The molecule has 0 atom stereocenters. The fourth-order valence-electron chi connectivity index (χ4n) is 1.84. The van der Waals surface area contributed by atoms with Crippen molar-refractivity contribution in [3.8, 4) is 5.75 Å². The highest BCUT2D eigenvalue weighted by molar-refractivity contribution is 5.20. The SMILES string of the molecule is NCCc1nccn1CCCOc1ccccc1. The zero-order chi connectivity index (χ0) is 12.6. The third-order valence-electron chi connectivity index (χ3n) is 2.72. The smallest absolute Gasteiger partial charge is 0.119 e. The second kappa shape index (κ2) is 6.81. The Morgan fingerprint density at radius 3 is 2.83 bits per heavy atom. The van der Waals surface area contributed by atoms with Crippen LogP contribution in [0.4, 0.5) is 0 Å². The average molecular weight is 245 g/mol. The van der Waals surface area contributed by atoms with Crippen LogP contribution in [0.3, 0.4) is 0 Å². The van der Waals surface area contributed by atoms with Crippen molar-refractivity contribution >= 4 is 0 Å². The zero-order valence-corrected chi connectivity index (χ0v) is 10.5. The average Bonchev–Trinajstić information content (AvgIpc) is 2.84. The minimum atomic E-state index is 0.636. The number of benzene rings is 1. The first-order chi connectivity index (χ1) is 8.90. The van der Waals surface area contributed by atoms with Crippen LogP contribution in [0.25, 0.3) is 0 Å². The first-order valence-corrected chi connectivity index (χ1v) is 6.28. The van der Waals surface area contributed by atoms with Gasteiger partial charge in [-0.05, 0) is 25.1 Å². The van der Waals surface area contributed by atoms with Crippen molar-refractivity contribution < 1.29 is 4.74 Å². The predicted octanol–water partition coefficient (Wildman–Crippen LogP) is 1.85. The molecule has 2 N–H and O–H groups in total. The van der Waals surface area contributed by atoms with Crippen molar-refractivity contribution in [3.05, 3.63) is 48.5 Å². The second-order valence-electron chi connectivity index (χ2n) is 4.09. The molecule has 2 rings (SSSR count). The Bertz CT molecular complexity index is 453. The highest BCUT2D eigenvalue weighted by Crippen LogP contribution is 2.09. The van der Waals surface area contributed by atoms with E-state index in [1.54, 1.807) is 0 Å². The van der Waals surface area contributed by atoms with Crippen molar-refractivity contribution in [2.24, 2.45) is 5.73 Å². The molecular weight excluding hydrogens is 226 g/mol.